The van der Waals surface area contributed by atoms with Crippen molar-refractivity contribution in [2.24, 2.45) is 0 Å². The maximum Gasteiger partial charge on any atom is 0.261 e. The van der Waals surface area contributed by atoms with Crippen LogP contribution >= 0.6 is 0 Å². The van der Waals surface area contributed by atoms with Crippen LogP contribution in [0.15, 0.2) is 243 Å². The summed E-state index contributed by atoms with van der Waals surface area (Å²) in [6.45, 7) is 0. The van der Waals surface area contributed by atoms with Gasteiger partial charge in [0.1, 0.15) is 0 Å². The first kappa shape index (κ1) is 56.7. The number of benzene rings is 13. The first-order chi connectivity index (χ1) is 45.6. The van der Waals surface area contributed by atoms with Gasteiger partial charge in [-0.25, -0.2) is 0 Å². The maximum absolute atomic E-state index is 12.8. The number of hydrogen-bond acceptors (Lipinski definition) is 8. The molecule has 448 valence electrons. The van der Waals surface area contributed by atoms with Crippen LogP contribution in [-0.4, -0.2) is 95.0 Å². The van der Waals surface area contributed by atoms with E-state index in [-0.39, 0.29) is 47.3 Å². The summed E-state index contributed by atoms with van der Waals surface area (Å²) in [5.74, 6) is -2.26. The second-order valence-electron chi connectivity index (χ2n) is 24.1. The Morgan fingerprint density at radius 1 is 0.160 bits per heavy atom. The Labute approximate surface area is 538 Å². The number of imide groups is 4. The average Bonchev–Trinajstić information content (AvgIpc) is 0.767. The minimum absolute atomic E-state index is 0.279. The van der Waals surface area contributed by atoms with Crippen LogP contribution in [0.3, 0.4) is 0 Å². The van der Waals surface area contributed by atoms with Gasteiger partial charge in [-0.15, -0.1) is 0 Å². The molecule has 4 aliphatic heterocycles. The van der Waals surface area contributed by atoms with Crippen LogP contribution < -0.4 is 0 Å². The second-order valence-corrected chi connectivity index (χ2v) is 24.1. The molecule has 12 nitrogen and oxygen atoms in total. The molecule has 0 saturated carbocycles. The fourth-order valence-electron chi connectivity index (χ4n) is 14.1. The van der Waals surface area contributed by atoms with Gasteiger partial charge in [0, 0.05) is 94.2 Å². The quantitative estimate of drug-likeness (QED) is 0.143. The normalized spacial score (nSPS) is 14.0. The summed E-state index contributed by atoms with van der Waals surface area (Å²) in [7, 11) is 6.08. The molecule has 12 heteroatoms. The standard InChI is InChI=1S/C44H28N2O4.C38H24N2O4/c1-45-41(47)35-7-3-5-33-31(21-23-37(39(33)35)43(45)49)29-17-13-27(14-18-29)25-9-11-26(12-10-25)28-15-19-30(20-16-28)32-22-24-38-40-34(32)6-4-8-36(40)42(48)46(2)44(38)50;1-39-35(41)29-7-3-5-27-25(17-19-31(33(27)29)37(39)43)23-13-9-21(10-14-23)22-11-15-24(16-12-22)26-18-20-32-34-28(26)6-4-8-30(34)36(42)40(2)38(32)44/h3-24H,1-2H3;3-20H,1-2H3. The molecule has 4 aliphatic rings. The third-order valence-corrected chi connectivity index (χ3v) is 19.1. The average molecular weight is 1220 g/mol. The molecule has 94 heavy (non-hydrogen) atoms. The summed E-state index contributed by atoms with van der Waals surface area (Å²) in [6.07, 6.45) is 0. The largest absolute Gasteiger partial charge is 0.277 e. The van der Waals surface area contributed by atoms with Gasteiger partial charge in [0.05, 0.1) is 0 Å². The monoisotopic (exact) mass is 1220 g/mol. The highest BCUT2D eigenvalue weighted by Crippen LogP contribution is 2.43. The highest BCUT2D eigenvalue weighted by molar-refractivity contribution is 6.30. The summed E-state index contributed by atoms with van der Waals surface area (Å²) >= 11 is 0. The lowest BCUT2D eigenvalue weighted by molar-refractivity contribution is 0.0635. The Hall–Kier alpha value is -12.5. The van der Waals surface area contributed by atoms with Crippen molar-refractivity contribution >= 4 is 90.3 Å². The Morgan fingerprint density at radius 2 is 0.298 bits per heavy atom. The SMILES string of the molecule is CN1C(=O)c2cccc3c(-c4ccc(-c5ccc(-c6ccc(-c7ccc8c9c(cccc79)C(=O)N(C)C8=O)cc6)cc5)cc4)ccc(c23)C1=O.CN1C(=O)c2cccc3c(-c4ccc(-c5ccc(-c6ccc7c8c(cccc68)C(=O)N(C)C7=O)cc5)cc4)ccc(c23)C1=O. The first-order valence-electron chi connectivity index (χ1n) is 30.7. The van der Waals surface area contributed by atoms with Crippen molar-refractivity contribution in [2.45, 2.75) is 0 Å². The zero-order valence-electron chi connectivity index (χ0n) is 51.1. The van der Waals surface area contributed by atoms with Crippen LogP contribution in [-0.2, 0) is 0 Å². The van der Waals surface area contributed by atoms with Crippen LogP contribution in [0.25, 0.3) is 121 Å². The van der Waals surface area contributed by atoms with Crippen LogP contribution in [0.2, 0.25) is 0 Å². The van der Waals surface area contributed by atoms with Gasteiger partial charge in [-0.3, -0.25) is 58.0 Å². The Balaban J connectivity index is 0.000000150. The van der Waals surface area contributed by atoms with Crippen molar-refractivity contribution in [3.05, 3.63) is 287 Å². The molecule has 0 saturated heterocycles. The van der Waals surface area contributed by atoms with Gasteiger partial charge in [0.2, 0.25) is 0 Å². The number of carbonyl (C=O) groups excluding carboxylic acids is 8. The molecule has 0 unspecified atom stereocenters. The zero-order chi connectivity index (χ0) is 64.5. The molecule has 0 spiro atoms. The van der Waals surface area contributed by atoms with E-state index in [0.717, 1.165) is 99.4 Å². The summed E-state index contributed by atoms with van der Waals surface area (Å²) in [4.78, 5) is 107. The van der Waals surface area contributed by atoms with Gasteiger partial charge in [0.25, 0.3) is 47.3 Å². The highest BCUT2D eigenvalue weighted by Gasteiger charge is 2.35. The molecule has 0 bridgehead atoms. The molecule has 0 radical (unpaired) electrons. The Bertz CT molecular complexity index is 5140. The van der Waals surface area contributed by atoms with E-state index < -0.39 is 0 Å². The van der Waals surface area contributed by atoms with Crippen LogP contribution in [0, 0.1) is 0 Å². The molecule has 4 heterocycles. The number of carbonyl (C=O) groups is 8. The van der Waals surface area contributed by atoms with Gasteiger partial charge >= 0.3 is 0 Å². The fourth-order valence-corrected chi connectivity index (χ4v) is 14.1. The van der Waals surface area contributed by atoms with Gasteiger partial charge in [-0.2, -0.15) is 0 Å². The molecule has 0 aliphatic carbocycles. The second kappa shape index (κ2) is 21.6. The van der Waals surface area contributed by atoms with Crippen LogP contribution in [0.4, 0.5) is 0 Å². The lowest BCUT2D eigenvalue weighted by Gasteiger charge is -2.24. The summed E-state index contributed by atoms with van der Waals surface area (Å²) < 4.78 is 0. The molecule has 0 N–H and O–H groups in total. The Kier molecular flexibility index (Phi) is 13.0. The smallest absolute Gasteiger partial charge is 0.261 e. The van der Waals surface area contributed by atoms with Gasteiger partial charge in [0.15, 0.2) is 0 Å². The van der Waals surface area contributed by atoms with E-state index in [1.807, 2.05) is 97.1 Å². The third kappa shape index (κ3) is 8.67. The van der Waals surface area contributed by atoms with Crippen molar-refractivity contribution in [3.63, 3.8) is 0 Å². The van der Waals surface area contributed by atoms with Crippen molar-refractivity contribution in [1.29, 1.82) is 0 Å². The maximum atomic E-state index is 12.8. The van der Waals surface area contributed by atoms with E-state index in [0.29, 0.717) is 66.1 Å². The summed E-state index contributed by atoms with van der Waals surface area (Å²) in [6, 6.07) is 79.2. The first-order valence-corrected chi connectivity index (χ1v) is 30.7. The van der Waals surface area contributed by atoms with Crippen molar-refractivity contribution in [1.82, 2.24) is 19.6 Å². The minimum atomic E-state index is -0.286. The lowest BCUT2D eigenvalue weighted by atomic mass is 9.88. The molecular formula is C82H52N4O8. The minimum Gasteiger partial charge on any atom is -0.277 e. The summed E-state index contributed by atoms with van der Waals surface area (Å²) in [5.41, 5.74) is 18.7. The van der Waals surface area contributed by atoms with E-state index in [1.54, 1.807) is 24.3 Å². The van der Waals surface area contributed by atoms with Crippen LogP contribution in [0.1, 0.15) is 82.9 Å². The molecular weight excluding hydrogens is 1170 g/mol. The van der Waals surface area contributed by atoms with Gasteiger partial charge in [-0.05, 0) is 148 Å². The van der Waals surface area contributed by atoms with Crippen LogP contribution in [0.5, 0.6) is 0 Å². The number of hydrogen-bond donors (Lipinski definition) is 0. The lowest BCUT2D eigenvalue weighted by Crippen LogP contribution is -2.36. The van der Waals surface area contributed by atoms with Gasteiger partial charge < -0.3 is 0 Å². The van der Waals surface area contributed by atoms with E-state index in [4.69, 9.17) is 0 Å². The van der Waals surface area contributed by atoms with Crippen molar-refractivity contribution in [3.8, 4) is 77.9 Å². The molecule has 13 aromatic rings. The highest BCUT2D eigenvalue weighted by atomic mass is 16.2. The van der Waals surface area contributed by atoms with E-state index in [1.165, 1.54) is 47.8 Å². The van der Waals surface area contributed by atoms with E-state index in [2.05, 4.69) is 121 Å². The molecule has 0 aromatic heterocycles. The molecule has 0 atom stereocenters. The van der Waals surface area contributed by atoms with Crippen molar-refractivity contribution in [2.75, 3.05) is 28.2 Å². The summed E-state index contributed by atoms with van der Waals surface area (Å²) in [5, 5.41) is 6.38. The molecule has 0 fully saturated rings. The topological polar surface area (TPSA) is 150 Å². The number of amides is 8. The third-order valence-electron chi connectivity index (χ3n) is 19.1. The molecule has 8 amide bonds. The molecule has 17 rings (SSSR count). The number of nitrogens with zero attached hydrogens (tertiary/aromatic N) is 4. The van der Waals surface area contributed by atoms with E-state index >= 15 is 0 Å². The van der Waals surface area contributed by atoms with E-state index in [9.17, 15) is 38.4 Å². The predicted molar refractivity (Wildman–Crippen MR) is 367 cm³/mol. The fraction of sp³-hybridized carbons (Fsp3) is 0.0488. The molecule has 13 aromatic carbocycles. The number of rotatable bonds is 7. The predicted octanol–water partition coefficient (Wildman–Crippen LogP) is 16.6. The Morgan fingerprint density at radius 3 is 0.468 bits per heavy atom. The van der Waals surface area contributed by atoms with Crippen molar-refractivity contribution < 1.29 is 38.4 Å². The zero-order valence-corrected chi connectivity index (χ0v) is 51.1. The van der Waals surface area contributed by atoms with Gasteiger partial charge in [-0.1, -0.05) is 194 Å².